The van der Waals surface area contributed by atoms with Crippen LogP contribution in [0.3, 0.4) is 0 Å². The van der Waals surface area contributed by atoms with E-state index in [1.165, 1.54) is 0 Å². The zero-order valence-electron chi connectivity index (χ0n) is 23.5. The normalized spacial score (nSPS) is 11.2. The van der Waals surface area contributed by atoms with Gasteiger partial charge in [-0.3, -0.25) is 9.59 Å². The smallest absolute Gasteiger partial charge is 0.251 e. The van der Waals surface area contributed by atoms with Crippen molar-refractivity contribution in [1.29, 1.82) is 0 Å². The number of ether oxygens (including phenoxy) is 4. The van der Waals surface area contributed by atoms with Crippen molar-refractivity contribution in [2.75, 3.05) is 52.7 Å². The summed E-state index contributed by atoms with van der Waals surface area (Å²) in [7, 11) is 1.89. The maximum Gasteiger partial charge on any atom is 0.251 e. The van der Waals surface area contributed by atoms with Gasteiger partial charge in [0.2, 0.25) is 13.2 Å². The number of benzene rings is 1. The quantitative estimate of drug-likeness (QED) is 0.0644. The SMILES string of the molecule is CC(C)[B]C#CCOCCNC(=O)COCCOC(COc1cccc(C(=O)NCCCC(C)C)c1)N=[N+]=[N-]. The van der Waals surface area contributed by atoms with Gasteiger partial charge in [-0.1, -0.05) is 50.6 Å². The third-order valence-corrected chi connectivity index (χ3v) is 4.95. The predicted octanol–water partition coefficient (Wildman–Crippen LogP) is 3.53. The van der Waals surface area contributed by atoms with E-state index in [1.54, 1.807) is 24.3 Å². The zero-order chi connectivity index (χ0) is 28.7. The van der Waals surface area contributed by atoms with Crippen LogP contribution >= 0.6 is 0 Å². The summed E-state index contributed by atoms with van der Waals surface area (Å²) in [5, 5.41) is 9.15. The zero-order valence-corrected chi connectivity index (χ0v) is 23.5. The maximum atomic E-state index is 12.4. The number of rotatable bonds is 20. The number of carbonyl (C=O) groups excluding carboxylic acids is 2. The number of nitrogens with zero attached hydrogens (tertiary/aromatic N) is 3. The molecule has 1 aromatic rings. The second-order valence-corrected chi connectivity index (χ2v) is 9.35. The Morgan fingerprint density at radius 3 is 2.67 bits per heavy atom. The Morgan fingerprint density at radius 2 is 1.92 bits per heavy atom. The standard InChI is InChI=1S/C27H41BN5O6/c1-21(2)8-6-12-31-27(35)23-9-5-10-24(18-23)39-20-26(32-33-29)38-17-16-37-19-25(34)30-13-15-36-14-7-11-28-22(3)4/h5,9-10,18,21-22,26H,6,8,12-17,19-20H2,1-4H3,(H,30,34)(H,31,35). The van der Waals surface area contributed by atoms with Gasteiger partial charge in [0.15, 0.2) is 6.23 Å². The molecule has 1 rings (SSSR count). The van der Waals surface area contributed by atoms with Crippen molar-refractivity contribution in [2.45, 2.75) is 52.6 Å². The first-order valence-corrected chi connectivity index (χ1v) is 13.2. The molecule has 1 unspecified atom stereocenters. The van der Waals surface area contributed by atoms with Crippen molar-refractivity contribution in [3.63, 3.8) is 0 Å². The molecule has 213 valence electrons. The predicted molar refractivity (Wildman–Crippen MR) is 151 cm³/mol. The molecule has 0 aliphatic carbocycles. The third-order valence-electron chi connectivity index (χ3n) is 4.95. The Bertz CT molecular complexity index is 959. The van der Waals surface area contributed by atoms with E-state index >= 15 is 0 Å². The highest BCUT2D eigenvalue weighted by atomic mass is 16.6. The lowest BCUT2D eigenvalue weighted by atomic mass is 9.67. The number of nitrogens with one attached hydrogen (secondary N) is 2. The molecule has 2 N–H and O–H groups in total. The number of hydrogen-bond acceptors (Lipinski definition) is 7. The summed E-state index contributed by atoms with van der Waals surface area (Å²) >= 11 is 0. The molecular weight excluding hydrogens is 501 g/mol. The first-order valence-electron chi connectivity index (χ1n) is 13.2. The van der Waals surface area contributed by atoms with Crippen molar-refractivity contribution in [2.24, 2.45) is 11.0 Å². The van der Waals surface area contributed by atoms with Gasteiger partial charge < -0.3 is 29.6 Å². The van der Waals surface area contributed by atoms with Gasteiger partial charge >= 0.3 is 0 Å². The summed E-state index contributed by atoms with van der Waals surface area (Å²) < 4.78 is 21.8. The molecule has 0 bridgehead atoms. The molecule has 12 heteroatoms. The molecule has 11 nitrogen and oxygen atoms in total. The van der Waals surface area contributed by atoms with Crippen LogP contribution in [0.1, 0.15) is 50.9 Å². The number of amides is 2. The van der Waals surface area contributed by atoms with Crippen LogP contribution in [0.25, 0.3) is 10.4 Å². The Balaban J connectivity index is 2.24. The van der Waals surface area contributed by atoms with E-state index in [1.807, 2.05) is 21.1 Å². The fourth-order valence-corrected chi connectivity index (χ4v) is 2.99. The minimum atomic E-state index is -0.903. The number of hydrogen-bond donors (Lipinski definition) is 2. The molecule has 0 saturated carbocycles. The van der Waals surface area contributed by atoms with Crippen LogP contribution < -0.4 is 15.4 Å². The molecule has 2 amide bonds. The Morgan fingerprint density at radius 1 is 1.10 bits per heavy atom. The van der Waals surface area contributed by atoms with E-state index < -0.39 is 6.23 Å². The van der Waals surface area contributed by atoms with Gasteiger partial charge in [0.25, 0.3) is 5.91 Å². The molecule has 0 aliphatic rings. The highest BCUT2D eigenvalue weighted by molar-refractivity contribution is 6.47. The van der Waals surface area contributed by atoms with Gasteiger partial charge in [-0.15, -0.1) is 0 Å². The van der Waals surface area contributed by atoms with Crippen LogP contribution in [-0.2, 0) is 19.0 Å². The van der Waals surface area contributed by atoms with Crippen LogP contribution in [0.2, 0.25) is 5.82 Å². The van der Waals surface area contributed by atoms with Crippen LogP contribution in [0.4, 0.5) is 0 Å². The molecule has 0 fully saturated rings. The van der Waals surface area contributed by atoms with Gasteiger partial charge in [0.1, 0.15) is 25.6 Å². The van der Waals surface area contributed by atoms with Crippen LogP contribution in [0.15, 0.2) is 29.4 Å². The van der Waals surface area contributed by atoms with Crippen LogP contribution in [-0.4, -0.2) is 78.1 Å². The van der Waals surface area contributed by atoms with E-state index in [0.29, 0.717) is 49.4 Å². The van der Waals surface area contributed by atoms with Gasteiger partial charge in [-0.05, 0) is 42.5 Å². The van der Waals surface area contributed by atoms with Gasteiger partial charge in [0.05, 0.1) is 19.8 Å². The molecule has 0 saturated heterocycles. The van der Waals surface area contributed by atoms with E-state index in [9.17, 15) is 9.59 Å². The maximum absolute atomic E-state index is 12.4. The fourth-order valence-electron chi connectivity index (χ4n) is 2.99. The second kappa shape index (κ2) is 21.7. The summed E-state index contributed by atoms with van der Waals surface area (Å²) in [6.45, 7) is 10.0. The number of azide groups is 1. The third kappa shape index (κ3) is 18.6. The average Bonchev–Trinajstić information content (AvgIpc) is 2.90. The van der Waals surface area contributed by atoms with E-state index in [0.717, 1.165) is 12.8 Å². The van der Waals surface area contributed by atoms with Crippen molar-refractivity contribution in [1.82, 2.24) is 10.6 Å². The molecule has 1 aromatic carbocycles. The van der Waals surface area contributed by atoms with Crippen molar-refractivity contribution >= 4 is 19.1 Å². The summed E-state index contributed by atoms with van der Waals surface area (Å²) in [6, 6.07) is 6.74. The molecule has 1 atom stereocenters. The summed E-state index contributed by atoms with van der Waals surface area (Å²) in [5.74, 6) is 6.77. The molecule has 0 spiro atoms. The molecule has 0 aliphatic heterocycles. The highest BCUT2D eigenvalue weighted by Gasteiger charge is 2.11. The van der Waals surface area contributed by atoms with E-state index in [2.05, 4.69) is 46.2 Å². The lowest BCUT2D eigenvalue weighted by Gasteiger charge is -2.15. The Kier molecular flexibility index (Phi) is 18.8. The molecule has 0 heterocycles. The first-order chi connectivity index (χ1) is 18.8. The molecule has 39 heavy (non-hydrogen) atoms. The molecular formula is C27H41BN5O6. The Labute approximate surface area is 232 Å². The molecule has 0 aromatic heterocycles. The van der Waals surface area contributed by atoms with Crippen LogP contribution in [0, 0.1) is 17.7 Å². The first kappa shape index (κ1) is 33.8. The summed E-state index contributed by atoms with van der Waals surface area (Å²) in [4.78, 5) is 26.9. The Hall–Kier alpha value is -3.23. The van der Waals surface area contributed by atoms with Gasteiger partial charge in [0, 0.05) is 23.6 Å². The average molecular weight is 542 g/mol. The van der Waals surface area contributed by atoms with Crippen molar-refractivity contribution in [3.05, 3.63) is 40.3 Å². The van der Waals surface area contributed by atoms with E-state index in [4.69, 9.17) is 24.5 Å². The lowest BCUT2D eigenvalue weighted by molar-refractivity contribution is -0.126. The van der Waals surface area contributed by atoms with Crippen molar-refractivity contribution < 1.29 is 28.5 Å². The van der Waals surface area contributed by atoms with Crippen LogP contribution in [0.5, 0.6) is 5.75 Å². The summed E-state index contributed by atoms with van der Waals surface area (Å²) in [5.41, 5.74) is 9.29. The largest absolute Gasteiger partial charge is 0.491 e. The fraction of sp³-hybridized carbons (Fsp3) is 0.630. The minimum absolute atomic E-state index is 0.0517. The minimum Gasteiger partial charge on any atom is -0.491 e. The highest BCUT2D eigenvalue weighted by Crippen LogP contribution is 2.14. The summed E-state index contributed by atoms with van der Waals surface area (Å²) in [6.07, 6.45) is 1.06. The van der Waals surface area contributed by atoms with E-state index in [-0.39, 0.29) is 38.2 Å². The number of carbonyl (C=O) groups is 2. The lowest BCUT2D eigenvalue weighted by Crippen LogP contribution is -2.31. The topological polar surface area (TPSA) is 144 Å². The van der Waals surface area contributed by atoms with Crippen molar-refractivity contribution in [3.8, 4) is 17.5 Å². The molecule has 1 radical (unpaired) electrons. The second-order valence-electron chi connectivity index (χ2n) is 9.35. The van der Waals surface area contributed by atoms with Gasteiger partial charge in [-0.2, -0.15) is 5.82 Å². The monoisotopic (exact) mass is 542 g/mol. The van der Waals surface area contributed by atoms with Gasteiger partial charge in [-0.25, -0.2) is 0 Å².